The summed E-state index contributed by atoms with van der Waals surface area (Å²) in [4.78, 5) is 2.30. The van der Waals surface area contributed by atoms with E-state index in [9.17, 15) is 0 Å². The van der Waals surface area contributed by atoms with E-state index in [1.165, 1.54) is 5.56 Å². The quantitative estimate of drug-likeness (QED) is 0.833. The number of hydrogen-bond donors (Lipinski definition) is 1. The van der Waals surface area contributed by atoms with Crippen LogP contribution in [0.15, 0.2) is 22.7 Å². The molecule has 0 amide bonds. The van der Waals surface area contributed by atoms with Crippen LogP contribution in [0.1, 0.15) is 32.3 Å². The van der Waals surface area contributed by atoms with E-state index >= 15 is 0 Å². The van der Waals surface area contributed by atoms with Crippen LogP contribution in [0, 0.1) is 0 Å². The molecule has 108 valence electrons. The lowest BCUT2D eigenvalue weighted by Gasteiger charge is -2.22. The average Bonchev–Trinajstić information content (AvgIpc) is 2.27. The van der Waals surface area contributed by atoms with Gasteiger partial charge in [-0.2, -0.15) is 0 Å². The van der Waals surface area contributed by atoms with Gasteiger partial charge in [0, 0.05) is 22.1 Å². The van der Waals surface area contributed by atoms with Crippen molar-refractivity contribution in [1.29, 1.82) is 0 Å². The molecule has 0 saturated carbocycles. The van der Waals surface area contributed by atoms with E-state index in [-0.39, 0.29) is 5.54 Å². The molecule has 0 radical (unpaired) electrons. The molecule has 0 unspecified atom stereocenters. The predicted octanol–water partition coefficient (Wildman–Crippen LogP) is 3.41. The fraction of sp³-hybridized carbons (Fsp3) is 0.600. The summed E-state index contributed by atoms with van der Waals surface area (Å²) in [6.07, 6.45) is 2.14. The minimum absolute atomic E-state index is 0.0751. The van der Waals surface area contributed by atoms with E-state index in [2.05, 4.69) is 47.8 Å². The number of benzene rings is 1. The Hall–Kier alpha value is -0.580. The molecule has 0 heterocycles. The molecule has 0 aliphatic carbocycles. The summed E-state index contributed by atoms with van der Waals surface area (Å²) >= 11 is 3.50. The first-order chi connectivity index (χ1) is 8.81. The zero-order valence-corrected chi connectivity index (χ0v) is 14.0. The molecule has 0 atom stereocenters. The van der Waals surface area contributed by atoms with Crippen LogP contribution in [0.25, 0.3) is 0 Å². The molecule has 0 bridgehead atoms. The molecule has 19 heavy (non-hydrogen) atoms. The molecule has 3 nitrogen and oxygen atoms in total. The minimum Gasteiger partial charge on any atom is -0.496 e. The van der Waals surface area contributed by atoms with Crippen LogP contribution < -0.4 is 10.5 Å². The molecule has 1 aromatic rings. The maximum absolute atomic E-state index is 6.00. The fourth-order valence-corrected chi connectivity index (χ4v) is 2.45. The van der Waals surface area contributed by atoms with Crippen LogP contribution in [0.3, 0.4) is 0 Å². The number of rotatable bonds is 7. The Labute approximate surface area is 125 Å². The maximum atomic E-state index is 6.00. The second-order valence-electron chi connectivity index (χ2n) is 5.79. The van der Waals surface area contributed by atoms with Gasteiger partial charge in [0.25, 0.3) is 0 Å². The normalized spacial score (nSPS) is 11.9. The highest BCUT2D eigenvalue weighted by Gasteiger charge is 2.11. The number of nitrogens with zero attached hydrogens (tertiary/aromatic N) is 1. The molecule has 0 saturated heterocycles. The smallest absolute Gasteiger partial charge is 0.123 e. The lowest BCUT2D eigenvalue weighted by Crippen LogP contribution is -2.33. The SMILES string of the molecule is COc1ccc(Br)cc1CN(C)CCCC(C)(C)N. The monoisotopic (exact) mass is 328 g/mol. The summed E-state index contributed by atoms with van der Waals surface area (Å²) in [6, 6.07) is 6.11. The van der Waals surface area contributed by atoms with Crippen LogP contribution in [-0.4, -0.2) is 31.1 Å². The molecule has 0 aromatic heterocycles. The molecule has 2 N–H and O–H groups in total. The van der Waals surface area contributed by atoms with Crippen molar-refractivity contribution < 1.29 is 4.74 Å². The number of ether oxygens (including phenoxy) is 1. The fourth-order valence-electron chi connectivity index (χ4n) is 2.05. The minimum atomic E-state index is -0.0751. The lowest BCUT2D eigenvalue weighted by molar-refractivity contribution is 0.297. The molecule has 4 heteroatoms. The van der Waals surface area contributed by atoms with Crippen molar-refractivity contribution in [3.05, 3.63) is 28.2 Å². The summed E-state index contributed by atoms with van der Waals surface area (Å²) in [5, 5.41) is 0. The Morgan fingerprint density at radius 2 is 2.05 bits per heavy atom. The van der Waals surface area contributed by atoms with Gasteiger partial charge in [-0.25, -0.2) is 0 Å². The van der Waals surface area contributed by atoms with Crippen molar-refractivity contribution in [2.45, 2.75) is 38.8 Å². The molecular weight excluding hydrogens is 304 g/mol. The zero-order chi connectivity index (χ0) is 14.5. The van der Waals surface area contributed by atoms with E-state index in [0.29, 0.717) is 0 Å². The number of hydrogen-bond acceptors (Lipinski definition) is 3. The van der Waals surface area contributed by atoms with E-state index < -0.39 is 0 Å². The molecule has 0 fully saturated rings. The molecule has 0 aliphatic heterocycles. The number of methoxy groups -OCH3 is 1. The molecule has 1 aromatic carbocycles. The predicted molar refractivity (Wildman–Crippen MR) is 84.5 cm³/mol. The van der Waals surface area contributed by atoms with Gasteiger partial charge in [-0.05, 0) is 58.5 Å². The number of halogens is 1. The van der Waals surface area contributed by atoms with Crippen LogP contribution >= 0.6 is 15.9 Å². The largest absolute Gasteiger partial charge is 0.496 e. The Bertz CT molecular complexity index is 402. The standard InChI is InChI=1S/C15H25BrN2O/c1-15(2,17)8-5-9-18(3)11-12-10-13(16)6-7-14(12)19-4/h6-7,10H,5,8-9,11,17H2,1-4H3. The summed E-state index contributed by atoms with van der Waals surface area (Å²) in [6.45, 7) is 6.07. The second kappa shape index (κ2) is 7.27. The second-order valence-corrected chi connectivity index (χ2v) is 6.70. The lowest BCUT2D eigenvalue weighted by atomic mass is 10.00. The van der Waals surface area contributed by atoms with Crippen LogP contribution in [-0.2, 0) is 6.54 Å². The van der Waals surface area contributed by atoms with Gasteiger partial charge in [0.05, 0.1) is 7.11 Å². The zero-order valence-electron chi connectivity index (χ0n) is 12.4. The van der Waals surface area contributed by atoms with Crippen molar-refractivity contribution in [2.24, 2.45) is 5.73 Å². The summed E-state index contributed by atoms with van der Waals surface area (Å²) in [5.74, 6) is 0.939. The Morgan fingerprint density at radius 3 is 2.63 bits per heavy atom. The van der Waals surface area contributed by atoms with Gasteiger partial charge in [-0.1, -0.05) is 15.9 Å². The third-order valence-corrected chi connectivity index (χ3v) is 3.54. The van der Waals surface area contributed by atoms with Gasteiger partial charge in [-0.3, -0.25) is 0 Å². The van der Waals surface area contributed by atoms with Crippen LogP contribution in [0.2, 0.25) is 0 Å². The van der Waals surface area contributed by atoms with E-state index in [1.807, 2.05) is 12.1 Å². The van der Waals surface area contributed by atoms with Crippen molar-refractivity contribution in [2.75, 3.05) is 20.7 Å². The Morgan fingerprint density at radius 1 is 1.37 bits per heavy atom. The first-order valence-electron chi connectivity index (χ1n) is 6.61. The van der Waals surface area contributed by atoms with Gasteiger partial charge in [0.15, 0.2) is 0 Å². The van der Waals surface area contributed by atoms with Crippen molar-refractivity contribution in [3.63, 3.8) is 0 Å². The summed E-state index contributed by atoms with van der Waals surface area (Å²) in [7, 11) is 3.84. The van der Waals surface area contributed by atoms with Crippen molar-refractivity contribution in [3.8, 4) is 5.75 Å². The first kappa shape index (κ1) is 16.5. The highest BCUT2D eigenvalue weighted by Crippen LogP contribution is 2.24. The van der Waals surface area contributed by atoms with Crippen LogP contribution in [0.4, 0.5) is 0 Å². The van der Waals surface area contributed by atoms with Gasteiger partial charge in [-0.15, -0.1) is 0 Å². The first-order valence-corrected chi connectivity index (χ1v) is 7.41. The van der Waals surface area contributed by atoms with E-state index in [0.717, 1.165) is 36.2 Å². The van der Waals surface area contributed by atoms with Crippen molar-refractivity contribution in [1.82, 2.24) is 4.90 Å². The summed E-state index contributed by atoms with van der Waals surface area (Å²) < 4.78 is 6.48. The van der Waals surface area contributed by atoms with Gasteiger partial charge < -0.3 is 15.4 Å². The van der Waals surface area contributed by atoms with E-state index in [1.54, 1.807) is 7.11 Å². The highest BCUT2D eigenvalue weighted by molar-refractivity contribution is 9.10. The summed E-state index contributed by atoms with van der Waals surface area (Å²) in [5.41, 5.74) is 7.12. The molecule has 0 spiro atoms. The molecular formula is C15H25BrN2O. The third kappa shape index (κ3) is 6.41. The van der Waals surface area contributed by atoms with Gasteiger partial charge >= 0.3 is 0 Å². The van der Waals surface area contributed by atoms with Gasteiger partial charge in [0.1, 0.15) is 5.75 Å². The average molecular weight is 329 g/mol. The van der Waals surface area contributed by atoms with Crippen LogP contribution in [0.5, 0.6) is 5.75 Å². The topological polar surface area (TPSA) is 38.5 Å². The molecule has 0 aliphatic rings. The van der Waals surface area contributed by atoms with Gasteiger partial charge in [0.2, 0.25) is 0 Å². The Kier molecular flexibility index (Phi) is 6.30. The Balaban J connectivity index is 2.52. The third-order valence-electron chi connectivity index (χ3n) is 3.04. The maximum Gasteiger partial charge on any atom is 0.123 e. The highest BCUT2D eigenvalue weighted by atomic mass is 79.9. The number of nitrogens with two attached hydrogens (primary N) is 1. The molecule has 1 rings (SSSR count). The van der Waals surface area contributed by atoms with Crippen molar-refractivity contribution >= 4 is 15.9 Å². The van der Waals surface area contributed by atoms with E-state index in [4.69, 9.17) is 10.5 Å².